The van der Waals surface area contributed by atoms with E-state index in [1.54, 1.807) is 23.1 Å². The van der Waals surface area contributed by atoms with E-state index in [1.807, 2.05) is 36.4 Å². The lowest BCUT2D eigenvalue weighted by molar-refractivity contribution is 0.934. The van der Waals surface area contributed by atoms with E-state index in [1.165, 1.54) is 10.3 Å². The summed E-state index contributed by atoms with van der Waals surface area (Å²) in [5.74, 6) is 1.99. The molecule has 0 saturated carbocycles. The fourth-order valence-electron chi connectivity index (χ4n) is 2.58. The minimum atomic E-state index is 0.229. The molecule has 0 aliphatic carbocycles. The summed E-state index contributed by atoms with van der Waals surface area (Å²) in [5.41, 5.74) is 8.13. The summed E-state index contributed by atoms with van der Waals surface area (Å²) in [5, 5.41) is 3.23. The molecule has 2 aromatic heterocycles. The quantitative estimate of drug-likeness (QED) is 0.458. The van der Waals surface area contributed by atoms with Crippen molar-refractivity contribution in [3.8, 4) is 0 Å². The molecular weight excluding hydrogens is 376 g/mol. The minimum Gasteiger partial charge on any atom is -0.368 e. The van der Waals surface area contributed by atoms with Gasteiger partial charge in [0.15, 0.2) is 4.34 Å². The number of nitrogens with one attached hydrogen (secondary N) is 1. The van der Waals surface area contributed by atoms with Crippen molar-refractivity contribution in [2.45, 2.75) is 16.5 Å². The van der Waals surface area contributed by atoms with E-state index in [9.17, 15) is 0 Å². The monoisotopic (exact) mass is 394 g/mol. The van der Waals surface area contributed by atoms with Crippen molar-refractivity contribution in [2.75, 3.05) is 17.6 Å². The summed E-state index contributed by atoms with van der Waals surface area (Å²) >= 11 is 3.28. The van der Waals surface area contributed by atoms with E-state index in [2.05, 4.69) is 43.5 Å². The Morgan fingerprint density at radius 2 is 1.74 bits per heavy atom. The van der Waals surface area contributed by atoms with Gasteiger partial charge < -0.3 is 11.1 Å². The fourth-order valence-corrected chi connectivity index (χ4v) is 4.51. The van der Waals surface area contributed by atoms with E-state index in [4.69, 9.17) is 5.73 Å². The third kappa shape index (κ3) is 4.72. The maximum atomic E-state index is 5.85. The summed E-state index contributed by atoms with van der Waals surface area (Å²) < 4.78 is 2.17. The zero-order valence-electron chi connectivity index (χ0n) is 14.5. The van der Waals surface area contributed by atoms with Gasteiger partial charge in [-0.25, -0.2) is 4.98 Å². The molecule has 0 spiro atoms. The number of para-hydroxylation sites is 1. The first-order valence-electron chi connectivity index (χ1n) is 8.53. The van der Waals surface area contributed by atoms with E-state index in [-0.39, 0.29) is 5.95 Å². The molecule has 0 amide bonds. The lowest BCUT2D eigenvalue weighted by Crippen LogP contribution is -2.11. The molecule has 4 rings (SSSR count). The number of nitrogen functional groups attached to an aromatic ring is 1. The van der Waals surface area contributed by atoms with E-state index < -0.39 is 0 Å². The van der Waals surface area contributed by atoms with Crippen LogP contribution in [0.15, 0.2) is 58.9 Å². The Balaban J connectivity index is 1.38. The zero-order chi connectivity index (χ0) is 18.5. The van der Waals surface area contributed by atoms with E-state index in [0.717, 1.165) is 22.8 Å². The molecule has 6 nitrogen and oxygen atoms in total. The van der Waals surface area contributed by atoms with Crippen molar-refractivity contribution in [1.29, 1.82) is 0 Å². The van der Waals surface area contributed by atoms with Gasteiger partial charge in [-0.1, -0.05) is 54.2 Å². The summed E-state index contributed by atoms with van der Waals surface area (Å²) in [7, 11) is 0. The molecule has 136 valence electrons. The van der Waals surface area contributed by atoms with Gasteiger partial charge in [-0.3, -0.25) is 0 Å². The van der Waals surface area contributed by atoms with Crippen molar-refractivity contribution in [3.05, 3.63) is 66.0 Å². The van der Waals surface area contributed by atoms with Gasteiger partial charge in [0.1, 0.15) is 5.82 Å². The molecule has 0 aliphatic rings. The Morgan fingerprint density at radius 3 is 2.59 bits per heavy atom. The molecular formula is C19H18N6S2. The molecule has 0 aliphatic heterocycles. The van der Waals surface area contributed by atoms with Crippen LogP contribution in [0.25, 0.3) is 10.2 Å². The van der Waals surface area contributed by atoms with Crippen LogP contribution in [0, 0.1) is 0 Å². The van der Waals surface area contributed by atoms with Crippen LogP contribution in [0.2, 0.25) is 0 Å². The maximum Gasteiger partial charge on any atom is 0.227 e. The molecule has 27 heavy (non-hydrogen) atoms. The standard InChI is InChI=1S/C19H18N6S2/c20-17-23-16(12-26-19-22-14-8-4-5-9-15(14)27-19)24-18(25-17)21-11-10-13-6-2-1-3-7-13/h1-9H,10-12H2,(H3,20,21,23,24,25). The maximum absolute atomic E-state index is 5.85. The molecule has 0 saturated heterocycles. The summed E-state index contributed by atoms with van der Waals surface area (Å²) in [6.07, 6.45) is 0.891. The number of benzene rings is 2. The smallest absolute Gasteiger partial charge is 0.227 e. The number of anilines is 2. The van der Waals surface area contributed by atoms with Crippen molar-refractivity contribution in [3.63, 3.8) is 0 Å². The molecule has 3 N–H and O–H groups in total. The van der Waals surface area contributed by atoms with Crippen LogP contribution >= 0.6 is 23.1 Å². The molecule has 0 bridgehead atoms. The van der Waals surface area contributed by atoms with Gasteiger partial charge in [0, 0.05) is 6.54 Å². The average molecular weight is 395 g/mol. The Morgan fingerprint density at radius 1 is 0.926 bits per heavy atom. The number of nitrogens with zero attached hydrogens (tertiary/aromatic N) is 4. The number of rotatable bonds is 7. The van der Waals surface area contributed by atoms with Crippen LogP contribution in [-0.2, 0) is 12.2 Å². The first kappa shape index (κ1) is 17.7. The van der Waals surface area contributed by atoms with Crippen LogP contribution in [0.1, 0.15) is 11.4 Å². The predicted octanol–water partition coefficient (Wildman–Crippen LogP) is 4.01. The zero-order valence-corrected chi connectivity index (χ0v) is 16.1. The number of fused-ring (bicyclic) bond motifs is 1. The summed E-state index contributed by atoms with van der Waals surface area (Å²) in [6.45, 7) is 0.734. The second kappa shape index (κ2) is 8.32. The van der Waals surface area contributed by atoms with Gasteiger partial charge in [0.2, 0.25) is 11.9 Å². The highest BCUT2D eigenvalue weighted by atomic mass is 32.2. The fraction of sp³-hybridized carbons (Fsp3) is 0.158. The number of thiazole rings is 1. The topological polar surface area (TPSA) is 89.6 Å². The molecule has 8 heteroatoms. The van der Waals surface area contributed by atoms with Gasteiger partial charge in [-0.2, -0.15) is 15.0 Å². The Hall–Kier alpha value is -2.71. The normalized spacial score (nSPS) is 11.0. The third-order valence-corrected chi connectivity index (χ3v) is 6.01. The number of nitrogens with two attached hydrogens (primary N) is 1. The highest BCUT2D eigenvalue weighted by Crippen LogP contribution is 2.30. The van der Waals surface area contributed by atoms with Gasteiger partial charge in [0.25, 0.3) is 0 Å². The average Bonchev–Trinajstić information content (AvgIpc) is 3.10. The largest absolute Gasteiger partial charge is 0.368 e. The first-order chi connectivity index (χ1) is 13.3. The van der Waals surface area contributed by atoms with Crippen LogP contribution < -0.4 is 11.1 Å². The van der Waals surface area contributed by atoms with Gasteiger partial charge in [-0.15, -0.1) is 11.3 Å². The molecule has 0 radical (unpaired) electrons. The van der Waals surface area contributed by atoms with Crippen molar-refractivity contribution in [1.82, 2.24) is 19.9 Å². The molecule has 0 atom stereocenters. The third-order valence-electron chi connectivity index (χ3n) is 3.84. The number of hydrogen-bond acceptors (Lipinski definition) is 8. The lowest BCUT2D eigenvalue weighted by Gasteiger charge is -2.07. The number of hydrogen-bond donors (Lipinski definition) is 2. The lowest BCUT2D eigenvalue weighted by atomic mass is 10.1. The molecule has 0 fully saturated rings. The SMILES string of the molecule is Nc1nc(CSc2nc3ccccc3s2)nc(NCCc2ccccc2)n1. The van der Waals surface area contributed by atoms with Gasteiger partial charge in [-0.05, 0) is 24.1 Å². The van der Waals surface area contributed by atoms with Crippen molar-refractivity contribution >= 4 is 45.2 Å². The van der Waals surface area contributed by atoms with Crippen LogP contribution in [0.5, 0.6) is 0 Å². The Kier molecular flexibility index (Phi) is 5.45. The predicted molar refractivity (Wildman–Crippen MR) is 112 cm³/mol. The van der Waals surface area contributed by atoms with E-state index >= 15 is 0 Å². The Bertz CT molecular complexity index is 1000. The van der Waals surface area contributed by atoms with Crippen LogP contribution in [0.4, 0.5) is 11.9 Å². The van der Waals surface area contributed by atoms with Crippen molar-refractivity contribution in [2.24, 2.45) is 0 Å². The number of thioether (sulfide) groups is 1. The molecule has 0 unspecified atom stereocenters. The second-order valence-corrected chi connectivity index (χ2v) is 8.09. The Labute approximate surface area is 165 Å². The van der Waals surface area contributed by atoms with Gasteiger partial charge in [0.05, 0.1) is 16.0 Å². The summed E-state index contributed by atoms with van der Waals surface area (Å²) in [6, 6.07) is 18.4. The summed E-state index contributed by atoms with van der Waals surface area (Å²) in [4.78, 5) is 17.5. The van der Waals surface area contributed by atoms with E-state index in [0.29, 0.717) is 17.5 Å². The molecule has 2 aromatic carbocycles. The molecule has 4 aromatic rings. The van der Waals surface area contributed by atoms with Gasteiger partial charge >= 0.3 is 0 Å². The van der Waals surface area contributed by atoms with Crippen LogP contribution in [0.3, 0.4) is 0 Å². The molecule has 2 heterocycles. The number of aromatic nitrogens is 4. The van der Waals surface area contributed by atoms with Crippen LogP contribution in [-0.4, -0.2) is 26.5 Å². The highest BCUT2D eigenvalue weighted by molar-refractivity contribution is 8.00. The highest BCUT2D eigenvalue weighted by Gasteiger charge is 2.08. The van der Waals surface area contributed by atoms with Crippen molar-refractivity contribution < 1.29 is 0 Å². The second-order valence-electron chi connectivity index (χ2n) is 5.83. The first-order valence-corrected chi connectivity index (χ1v) is 10.3. The minimum absolute atomic E-state index is 0.229.